The molecule has 4 heteroatoms. The summed E-state index contributed by atoms with van der Waals surface area (Å²) in [5, 5.41) is 0. The summed E-state index contributed by atoms with van der Waals surface area (Å²) in [6.45, 7) is 7.02. The number of rotatable bonds is 3. The van der Waals surface area contributed by atoms with Gasteiger partial charge in [0.25, 0.3) is 0 Å². The molecule has 0 aromatic heterocycles. The van der Waals surface area contributed by atoms with Gasteiger partial charge in [-0.1, -0.05) is 13.3 Å². The molecule has 0 amide bonds. The molecular formula is C12H23N3O. The van der Waals surface area contributed by atoms with Crippen molar-refractivity contribution in [1.82, 2.24) is 4.90 Å². The van der Waals surface area contributed by atoms with Crippen molar-refractivity contribution >= 4 is 5.96 Å². The Morgan fingerprint density at radius 2 is 2.38 bits per heavy atom. The van der Waals surface area contributed by atoms with Crippen LogP contribution in [0.4, 0.5) is 0 Å². The highest BCUT2D eigenvalue weighted by Gasteiger charge is 2.45. The van der Waals surface area contributed by atoms with Crippen LogP contribution in [0.25, 0.3) is 0 Å². The Morgan fingerprint density at radius 1 is 1.56 bits per heavy atom. The molecular weight excluding hydrogens is 202 g/mol. The van der Waals surface area contributed by atoms with Crippen molar-refractivity contribution in [3.8, 4) is 0 Å². The van der Waals surface area contributed by atoms with E-state index < -0.39 is 0 Å². The number of likely N-dealkylation sites (N-methyl/N-ethyl adjacent to an activating group) is 1. The van der Waals surface area contributed by atoms with Crippen molar-refractivity contribution in [2.45, 2.75) is 51.2 Å². The number of nitrogens with two attached hydrogens (primary N) is 1. The maximum absolute atomic E-state index is 5.95. The second kappa shape index (κ2) is 4.62. The van der Waals surface area contributed by atoms with Crippen molar-refractivity contribution in [3.05, 3.63) is 0 Å². The summed E-state index contributed by atoms with van der Waals surface area (Å²) in [4.78, 5) is 6.70. The van der Waals surface area contributed by atoms with Crippen molar-refractivity contribution in [3.63, 3.8) is 0 Å². The third kappa shape index (κ3) is 1.90. The van der Waals surface area contributed by atoms with Crippen LogP contribution >= 0.6 is 0 Å². The molecule has 2 rings (SSSR count). The Labute approximate surface area is 97.9 Å². The molecule has 0 saturated carbocycles. The summed E-state index contributed by atoms with van der Waals surface area (Å²) >= 11 is 0. The van der Waals surface area contributed by atoms with Crippen LogP contribution < -0.4 is 5.73 Å². The topological polar surface area (TPSA) is 50.9 Å². The third-order valence-electron chi connectivity index (χ3n) is 3.84. The smallest absolute Gasteiger partial charge is 0.191 e. The highest BCUT2D eigenvalue weighted by atomic mass is 16.5. The van der Waals surface area contributed by atoms with Crippen LogP contribution in [0.1, 0.15) is 39.5 Å². The van der Waals surface area contributed by atoms with Gasteiger partial charge in [-0.15, -0.1) is 0 Å². The highest BCUT2D eigenvalue weighted by Crippen LogP contribution is 2.35. The average Bonchev–Trinajstić information content (AvgIpc) is 2.56. The van der Waals surface area contributed by atoms with Gasteiger partial charge in [0.15, 0.2) is 5.96 Å². The first-order valence-electron chi connectivity index (χ1n) is 6.41. The predicted octanol–water partition coefficient (Wildman–Crippen LogP) is 1.35. The molecule has 2 aliphatic rings. The molecule has 0 radical (unpaired) electrons. The molecule has 16 heavy (non-hydrogen) atoms. The second-order valence-corrected chi connectivity index (χ2v) is 4.88. The number of aliphatic imine (C=N–C) groups is 1. The Bertz CT molecular complexity index is 277. The molecule has 2 unspecified atom stereocenters. The largest absolute Gasteiger partial charge is 0.378 e. The minimum absolute atomic E-state index is 0.164. The van der Waals surface area contributed by atoms with Crippen LogP contribution in [0, 0.1) is 0 Å². The zero-order valence-corrected chi connectivity index (χ0v) is 10.4. The molecule has 1 spiro atoms. The fourth-order valence-corrected chi connectivity index (χ4v) is 3.04. The predicted molar refractivity (Wildman–Crippen MR) is 65.5 cm³/mol. The fourth-order valence-electron chi connectivity index (χ4n) is 3.04. The average molecular weight is 225 g/mol. The Balaban J connectivity index is 2.07. The van der Waals surface area contributed by atoms with E-state index in [1.165, 1.54) is 6.42 Å². The van der Waals surface area contributed by atoms with E-state index in [9.17, 15) is 0 Å². The first-order chi connectivity index (χ1) is 7.72. The van der Waals surface area contributed by atoms with Crippen molar-refractivity contribution in [1.29, 1.82) is 0 Å². The van der Waals surface area contributed by atoms with E-state index in [1.54, 1.807) is 0 Å². The molecule has 1 saturated heterocycles. The number of guanidine groups is 1. The molecule has 1 fully saturated rings. The Hall–Kier alpha value is -0.770. The zero-order valence-electron chi connectivity index (χ0n) is 10.4. The molecule has 4 nitrogen and oxygen atoms in total. The number of nitrogens with zero attached hydrogens (tertiary/aromatic N) is 2. The molecule has 92 valence electrons. The summed E-state index contributed by atoms with van der Waals surface area (Å²) in [5.74, 6) is 0.722. The van der Waals surface area contributed by atoms with E-state index in [0.717, 1.165) is 44.9 Å². The van der Waals surface area contributed by atoms with Gasteiger partial charge in [-0.25, -0.2) is 0 Å². The van der Waals surface area contributed by atoms with Crippen molar-refractivity contribution in [2.24, 2.45) is 10.7 Å². The molecule has 0 aromatic rings. The standard InChI is InChI=1S/C12H23N3O/c1-3-5-10-8-12(6-7-16-10)9-14-11(13)15(12)4-2/h10H,3-9H2,1-2H3,(H2,13,14). The minimum Gasteiger partial charge on any atom is -0.378 e. The van der Waals surface area contributed by atoms with Gasteiger partial charge in [-0.3, -0.25) is 4.99 Å². The van der Waals surface area contributed by atoms with Gasteiger partial charge in [0.1, 0.15) is 0 Å². The van der Waals surface area contributed by atoms with Crippen LogP contribution in [-0.4, -0.2) is 42.2 Å². The van der Waals surface area contributed by atoms with Gasteiger partial charge in [-0.2, -0.15) is 0 Å². The van der Waals surface area contributed by atoms with Crippen LogP contribution in [0.5, 0.6) is 0 Å². The van der Waals surface area contributed by atoms with Gasteiger partial charge >= 0.3 is 0 Å². The van der Waals surface area contributed by atoms with E-state index >= 15 is 0 Å². The highest BCUT2D eigenvalue weighted by molar-refractivity contribution is 5.81. The van der Waals surface area contributed by atoms with Crippen LogP contribution in [0.15, 0.2) is 4.99 Å². The molecule has 0 aliphatic carbocycles. The summed E-state index contributed by atoms with van der Waals surface area (Å²) in [6, 6.07) is 0. The summed E-state index contributed by atoms with van der Waals surface area (Å²) in [6.07, 6.45) is 4.88. The van der Waals surface area contributed by atoms with Gasteiger partial charge in [0.05, 0.1) is 18.2 Å². The maximum Gasteiger partial charge on any atom is 0.191 e. The molecule has 0 bridgehead atoms. The zero-order chi connectivity index (χ0) is 11.6. The molecule has 0 aromatic carbocycles. The van der Waals surface area contributed by atoms with E-state index in [1.807, 2.05) is 0 Å². The Kier molecular flexibility index (Phi) is 3.38. The molecule has 2 heterocycles. The van der Waals surface area contributed by atoms with Crippen molar-refractivity contribution in [2.75, 3.05) is 19.7 Å². The quantitative estimate of drug-likeness (QED) is 0.789. The van der Waals surface area contributed by atoms with Crippen molar-refractivity contribution < 1.29 is 4.74 Å². The third-order valence-corrected chi connectivity index (χ3v) is 3.84. The summed E-state index contributed by atoms with van der Waals surface area (Å²) in [7, 11) is 0. The van der Waals surface area contributed by atoms with E-state index in [0.29, 0.717) is 6.10 Å². The van der Waals surface area contributed by atoms with Gasteiger partial charge in [0, 0.05) is 13.2 Å². The first-order valence-corrected chi connectivity index (χ1v) is 6.41. The van der Waals surface area contributed by atoms with E-state index in [2.05, 4.69) is 23.7 Å². The Morgan fingerprint density at radius 3 is 3.06 bits per heavy atom. The number of ether oxygens (including phenoxy) is 1. The van der Waals surface area contributed by atoms with Crippen LogP contribution in [0.2, 0.25) is 0 Å². The molecule has 2 atom stereocenters. The van der Waals surface area contributed by atoms with E-state index in [-0.39, 0.29) is 5.54 Å². The molecule has 2 aliphatic heterocycles. The summed E-state index contributed by atoms with van der Waals surface area (Å²) < 4.78 is 5.81. The first kappa shape index (κ1) is 11.7. The van der Waals surface area contributed by atoms with Crippen LogP contribution in [-0.2, 0) is 4.74 Å². The lowest BCUT2D eigenvalue weighted by Crippen LogP contribution is -2.56. The SMILES string of the molecule is CCCC1CC2(CCO1)CN=C(N)N2CC. The lowest BCUT2D eigenvalue weighted by atomic mass is 9.84. The minimum atomic E-state index is 0.164. The normalized spacial score (nSPS) is 34.5. The number of hydrogen-bond donors (Lipinski definition) is 1. The van der Waals surface area contributed by atoms with Gasteiger partial charge in [-0.05, 0) is 26.2 Å². The lowest BCUT2D eigenvalue weighted by molar-refractivity contribution is -0.0499. The van der Waals surface area contributed by atoms with E-state index in [4.69, 9.17) is 10.5 Å². The lowest BCUT2D eigenvalue weighted by Gasteiger charge is -2.44. The van der Waals surface area contributed by atoms with Gasteiger partial charge in [0.2, 0.25) is 0 Å². The van der Waals surface area contributed by atoms with Crippen LogP contribution in [0.3, 0.4) is 0 Å². The second-order valence-electron chi connectivity index (χ2n) is 4.88. The molecule has 2 N–H and O–H groups in total. The number of hydrogen-bond acceptors (Lipinski definition) is 4. The van der Waals surface area contributed by atoms with Gasteiger partial charge < -0.3 is 15.4 Å². The fraction of sp³-hybridized carbons (Fsp3) is 0.917. The monoisotopic (exact) mass is 225 g/mol. The summed E-state index contributed by atoms with van der Waals surface area (Å²) in [5.41, 5.74) is 6.11. The maximum atomic E-state index is 5.95.